The van der Waals surface area contributed by atoms with Crippen LogP contribution in [0.3, 0.4) is 0 Å². The minimum absolute atomic E-state index is 0.105. The topological polar surface area (TPSA) is 68.0 Å². The molecule has 0 atom stereocenters. The van der Waals surface area contributed by atoms with Crippen LogP contribution in [0.1, 0.15) is 36.4 Å². The van der Waals surface area contributed by atoms with Gasteiger partial charge >= 0.3 is 0 Å². The van der Waals surface area contributed by atoms with Crippen molar-refractivity contribution in [2.24, 2.45) is 5.73 Å². The van der Waals surface area contributed by atoms with Gasteiger partial charge in [0.05, 0.1) is 6.20 Å². The number of carbonyl (C=O) groups is 1. The molecule has 0 aliphatic heterocycles. The van der Waals surface area contributed by atoms with E-state index in [1.807, 2.05) is 44.2 Å². The third-order valence-electron chi connectivity index (χ3n) is 3.76. The summed E-state index contributed by atoms with van der Waals surface area (Å²) in [7, 11) is 0. The zero-order valence-electron chi connectivity index (χ0n) is 12.4. The minimum Gasteiger partial charge on any atom is -0.349 e. The van der Waals surface area contributed by atoms with Crippen LogP contribution in [0, 0.1) is 0 Å². The molecular weight excluding hydrogens is 282 g/mol. The fourth-order valence-electron chi connectivity index (χ4n) is 1.94. The van der Waals surface area contributed by atoms with Gasteiger partial charge in [0.1, 0.15) is 9.88 Å². The van der Waals surface area contributed by atoms with E-state index in [1.165, 1.54) is 11.3 Å². The molecule has 1 heterocycles. The zero-order chi connectivity index (χ0) is 15.3. The van der Waals surface area contributed by atoms with Crippen molar-refractivity contribution in [2.75, 3.05) is 6.54 Å². The highest BCUT2D eigenvalue weighted by Crippen LogP contribution is 2.24. The van der Waals surface area contributed by atoms with E-state index >= 15 is 0 Å². The summed E-state index contributed by atoms with van der Waals surface area (Å²) in [5.74, 6) is -0.105. The van der Waals surface area contributed by atoms with Crippen LogP contribution in [0.25, 0.3) is 10.6 Å². The molecule has 4 nitrogen and oxygen atoms in total. The second kappa shape index (κ2) is 6.83. The number of amides is 1. The highest BCUT2D eigenvalue weighted by atomic mass is 32.1. The maximum Gasteiger partial charge on any atom is 0.263 e. The first kappa shape index (κ1) is 15.7. The maximum absolute atomic E-state index is 12.2. The number of hydrogen-bond donors (Lipinski definition) is 2. The number of benzene rings is 1. The molecule has 5 heteroatoms. The molecule has 21 heavy (non-hydrogen) atoms. The minimum atomic E-state index is -0.331. The van der Waals surface area contributed by atoms with Crippen LogP contribution in [0.2, 0.25) is 0 Å². The molecule has 112 valence electrons. The van der Waals surface area contributed by atoms with Gasteiger partial charge < -0.3 is 11.1 Å². The number of hydrogen-bond acceptors (Lipinski definition) is 4. The molecule has 2 aromatic rings. The van der Waals surface area contributed by atoms with Gasteiger partial charge in [0.15, 0.2) is 0 Å². The van der Waals surface area contributed by atoms with Crippen molar-refractivity contribution in [3.8, 4) is 10.6 Å². The van der Waals surface area contributed by atoms with E-state index < -0.39 is 0 Å². The van der Waals surface area contributed by atoms with Crippen molar-refractivity contribution < 1.29 is 4.79 Å². The third-order valence-corrected chi connectivity index (χ3v) is 4.80. The summed E-state index contributed by atoms with van der Waals surface area (Å²) in [6.07, 6.45) is 3.29. The third kappa shape index (κ3) is 3.89. The van der Waals surface area contributed by atoms with Gasteiger partial charge in [-0.05, 0) is 12.8 Å². The Morgan fingerprint density at radius 1 is 1.29 bits per heavy atom. The first-order chi connectivity index (χ1) is 10.1. The van der Waals surface area contributed by atoms with Crippen LogP contribution in [-0.2, 0) is 0 Å². The Morgan fingerprint density at radius 3 is 2.57 bits per heavy atom. The van der Waals surface area contributed by atoms with E-state index in [1.54, 1.807) is 6.20 Å². The molecule has 0 aliphatic carbocycles. The number of rotatable bonds is 6. The van der Waals surface area contributed by atoms with Gasteiger partial charge in [-0.1, -0.05) is 44.2 Å². The highest BCUT2D eigenvalue weighted by molar-refractivity contribution is 7.16. The van der Waals surface area contributed by atoms with Crippen LogP contribution in [0.15, 0.2) is 36.5 Å². The first-order valence-electron chi connectivity index (χ1n) is 7.16. The van der Waals surface area contributed by atoms with Crippen molar-refractivity contribution in [3.63, 3.8) is 0 Å². The number of carbonyl (C=O) groups excluding carboxylic acids is 1. The van der Waals surface area contributed by atoms with Gasteiger partial charge in [0, 0.05) is 17.6 Å². The fourth-order valence-corrected chi connectivity index (χ4v) is 2.77. The molecule has 0 fully saturated rings. The number of nitrogens with zero attached hydrogens (tertiary/aromatic N) is 1. The molecule has 0 unspecified atom stereocenters. The van der Waals surface area contributed by atoms with Gasteiger partial charge in [0.2, 0.25) is 0 Å². The normalized spacial score (nSPS) is 11.4. The molecule has 3 N–H and O–H groups in total. The van der Waals surface area contributed by atoms with Gasteiger partial charge in [-0.25, -0.2) is 4.98 Å². The second-order valence-corrected chi connectivity index (χ2v) is 6.18. The van der Waals surface area contributed by atoms with Crippen molar-refractivity contribution in [1.82, 2.24) is 10.3 Å². The quantitative estimate of drug-likeness (QED) is 0.862. The molecule has 0 radical (unpaired) electrons. The SMILES string of the molecule is CCC(N)(CC)CNC(=O)c1cnc(-c2ccccc2)s1. The summed E-state index contributed by atoms with van der Waals surface area (Å²) in [5, 5.41) is 3.77. The molecule has 1 aromatic heterocycles. The summed E-state index contributed by atoms with van der Waals surface area (Å²) >= 11 is 1.40. The lowest BCUT2D eigenvalue weighted by molar-refractivity contribution is 0.0946. The highest BCUT2D eigenvalue weighted by Gasteiger charge is 2.21. The Hall–Kier alpha value is -1.72. The average Bonchev–Trinajstić information content (AvgIpc) is 3.03. The predicted octanol–water partition coefficient (Wildman–Crippen LogP) is 3.06. The summed E-state index contributed by atoms with van der Waals surface area (Å²) in [6, 6.07) is 9.85. The van der Waals surface area contributed by atoms with Crippen LogP contribution < -0.4 is 11.1 Å². The lowest BCUT2D eigenvalue weighted by atomic mass is 9.94. The Labute approximate surface area is 129 Å². The van der Waals surface area contributed by atoms with Gasteiger partial charge in [-0.3, -0.25) is 4.79 Å². The monoisotopic (exact) mass is 303 g/mol. The van der Waals surface area contributed by atoms with Gasteiger partial charge in [-0.2, -0.15) is 0 Å². The van der Waals surface area contributed by atoms with E-state index in [-0.39, 0.29) is 11.4 Å². The number of aromatic nitrogens is 1. The van der Waals surface area contributed by atoms with E-state index in [0.717, 1.165) is 23.4 Å². The molecule has 1 aromatic carbocycles. The molecule has 2 rings (SSSR count). The predicted molar refractivity (Wildman–Crippen MR) is 87.4 cm³/mol. The first-order valence-corrected chi connectivity index (χ1v) is 7.98. The van der Waals surface area contributed by atoms with Crippen LogP contribution >= 0.6 is 11.3 Å². The number of nitrogens with one attached hydrogen (secondary N) is 1. The Kier molecular flexibility index (Phi) is 5.09. The van der Waals surface area contributed by atoms with E-state index in [4.69, 9.17) is 5.73 Å². The molecule has 0 spiro atoms. The molecule has 0 aliphatic rings. The van der Waals surface area contributed by atoms with E-state index in [2.05, 4.69) is 10.3 Å². The Morgan fingerprint density at radius 2 is 1.95 bits per heavy atom. The summed E-state index contributed by atoms with van der Waals surface area (Å²) < 4.78 is 0. The molecule has 1 amide bonds. The van der Waals surface area contributed by atoms with Crippen LogP contribution in [0.5, 0.6) is 0 Å². The lowest BCUT2D eigenvalue weighted by Crippen LogP contribution is -2.49. The fraction of sp³-hybridized carbons (Fsp3) is 0.375. The van der Waals surface area contributed by atoms with Crippen LogP contribution in [-0.4, -0.2) is 23.0 Å². The number of nitrogens with two attached hydrogens (primary N) is 1. The molecule has 0 bridgehead atoms. The summed E-state index contributed by atoms with van der Waals surface area (Å²) in [5.41, 5.74) is 6.89. The Balaban J connectivity index is 2.03. The second-order valence-electron chi connectivity index (χ2n) is 5.15. The molecular formula is C16H21N3OS. The molecule has 0 saturated carbocycles. The van der Waals surface area contributed by atoms with Crippen molar-refractivity contribution in [1.29, 1.82) is 0 Å². The standard InChI is InChI=1S/C16H21N3OS/c1-3-16(17,4-2)11-19-14(20)13-10-18-15(21-13)12-8-6-5-7-9-12/h5-10H,3-4,11,17H2,1-2H3,(H,19,20). The van der Waals surface area contributed by atoms with Crippen molar-refractivity contribution in [3.05, 3.63) is 41.4 Å². The summed E-state index contributed by atoms with van der Waals surface area (Å²) in [6.45, 7) is 4.56. The van der Waals surface area contributed by atoms with Gasteiger partial charge in [-0.15, -0.1) is 11.3 Å². The smallest absolute Gasteiger partial charge is 0.263 e. The molecule has 0 saturated heterocycles. The van der Waals surface area contributed by atoms with Crippen LogP contribution in [0.4, 0.5) is 0 Å². The zero-order valence-corrected chi connectivity index (χ0v) is 13.2. The van der Waals surface area contributed by atoms with E-state index in [9.17, 15) is 4.79 Å². The Bertz CT molecular complexity index is 591. The summed E-state index contributed by atoms with van der Waals surface area (Å²) in [4.78, 5) is 17.1. The lowest BCUT2D eigenvalue weighted by Gasteiger charge is -2.26. The number of thiazole rings is 1. The van der Waals surface area contributed by atoms with Crippen molar-refractivity contribution >= 4 is 17.2 Å². The maximum atomic E-state index is 12.2. The largest absolute Gasteiger partial charge is 0.349 e. The van der Waals surface area contributed by atoms with E-state index in [0.29, 0.717) is 11.4 Å². The van der Waals surface area contributed by atoms with Gasteiger partial charge in [0.25, 0.3) is 5.91 Å². The van der Waals surface area contributed by atoms with Crippen molar-refractivity contribution in [2.45, 2.75) is 32.2 Å². The average molecular weight is 303 g/mol.